The molecule has 2 aliphatic rings. The summed E-state index contributed by atoms with van der Waals surface area (Å²) in [6, 6.07) is 2.94. The summed E-state index contributed by atoms with van der Waals surface area (Å²) in [5.74, 6) is 0.0856. The number of fused-ring (bicyclic) bond motifs is 1. The number of carbonyl (C=O) groups excluding carboxylic acids is 1. The van der Waals surface area contributed by atoms with Crippen molar-refractivity contribution in [2.45, 2.75) is 83.7 Å². The van der Waals surface area contributed by atoms with Gasteiger partial charge in [0.1, 0.15) is 23.6 Å². The zero-order valence-electron chi connectivity index (χ0n) is 21.5. The highest BCUT2D eigenvalue weighted by molar-refractivity contribution is 5.97. The summed E-state index contributed by atoms with van der Waals surface area (Å²) in [5, 5.41) is 13.5. The summed E-state index contributed by atoms with van der Waals surface area (Å²) in [4.78, 5) is 34.7. The molecule has 1 saturated heterocycles. The van der Waals surface area contributed by atoms with E-state index < -0.39 is 17.8 Å². The van der Waals surface area contributed by atoms with Crippen LogP contribution >= 0.6 is 0 Å². The summed E-state index contributed by atoms with van der Waals surface area (Å²) >= 11 is 0. The van der Waals surface area contributed by atoms with Gasteiger partial charge in [-0.3, -0.25) is 14.5 Å². The fourth-order valence-corrected chi connectivity index (χ4v) is 6.14. The van der Waals surface area contributed by atoms with E-state index in [0.29, 0.717) is 53.5 Å². The van der Waals surface area contributed by atoms with Crippen LogP contribution in [0.1, 0.15) is 92.2 Å². The molecule has 0 amide bonds. The zero-order chi connectivity index (χ0) is 26.1. The Kier molecular flexibility index (Phi) is 7.42. The highest BCUT2D eigenvalue weighted by atomic mass is 19.1. The number of rotatable bonds is 9. The van der Waals surface area contributed by atoms with Gasteiger partial charge < -0.3 is 14.6 Å². The molecule has 8 nitrogen and oxygen atoms in total. The highest BCUT2D eigenvalue weighted by Crippen LogP contribution is 2.40. The minimum atomic E-state index is -0.866. The van der Waals surface area contributed by atoms with Gasteiger partial charge in [0.2, 0.25) is 0 Å². The molecule has 1 saturated carbocycles. The van der Waals surface area contributed by atoms with Crippen LogP contribution in [0, 0.1) is 17.7 Å². The van der Waals surface area contributed by atoms with Crippen molar-refractivity contribution in [2.75, 3.05) is 6.54 Å². The molecule has 1 aliphatic carbocycles. The monoisotopic (exact) mass is 510 g/mol. The summed E-state index contributed by atoms with van der Waals surface area (Å²) in [5.41, 5.74) is 2.45. The van der Waals surface area contributed by atoms with E-state index >= 15 is 4.39 Å². The molecule has 37 heavy (non-hydrogen) atoms. The average molecular weight is 511 g/mol. The first-order valence-electron chi connectivity index (χ1n) is 13.5. The summed E-state index contributed by atoms with van der Waals surface area (Å²) in [6.07, 6.45) is 7.86. The Bertz CT molecular complexity index is 1280. The van der Waals surface area contributed by atoms with Crippen LogP contribution in [-0.2, 0) is 17.8 Å². The van der Waals surface area contributed by atoms with Crippen LogP contribution in [0.4, 0.5) is 4.39 Å². The van der Waals surface area contributed by atoms with Gasteiger partial charge in [-0.2, -0.15) is 0 Å². The predicted octanol–water partition coefficient (Wildman–Crippen LogP) is 5.48. The lowest BCUT2D eigenvalue weighted by molar-refractivity contribution is -0.142. The number of hydrogen-bond donors (Lipinski definition) is 2. The Morgan fingerprint density at radius 1 is 1.24 bits per heavy atom. The first kappa shape index (κ1) is 25.6. The van der Waals surface area contributed by atoms with Gasteiger partial charge in [-0.25, -0.2) is 9.37 Å². The van der Waals surface area contributed by atoms with E-state index in [1.165, 1.54) is 6.26 Å². The van der Waals surface area contributed by atoms with Gasteiger partial charge in [0.05, 0.1) is 16.8 Å². The zero-order valence-corrected chi connectivity index (χ0v) is 21.5. The molecule has 2 aromatic heterocycles. The van der Waals surface area contributed by atoms with Crippen molar-refractivity contribution in [1.82, 2.24) is 20.0 Å². The molecule has 3 heterocycles. The summed E-state index contributed by atoms with van der Waals surface area (Å²) in [6.45, 7) is 5.06. The number of aliphatic carboxylic acids is 1. The fourth-order valence-electron chi connectivity index (χ4n) is 6.14. The molecule has 0 spiro atoms. The molecule has 2 N–H and O–H groups in total. The Balaban J connectivity index is 1.44. The number of hydrogen-bond acceptors (Lipinski definition) is 6. The third-order valence-electron chi connectivity index (χ3n) is 8.38. The molecular weight excluding hydrogens is 475 g/mol. The minimum absolute atomic E-state index is 0.0305. The summed E-state index contributed by atoms with van der Waals surface area (Å²) in [7, 11) is 0. The van der Waals surface area contributed by atoms with Crippen LogP contribution in [0.15, 0.2) is 22.9 Å². The Hall–Kier alpha value is -3.07. The molecule has 2 fully saturated rings. The third-order valence-corrected chi connectivity index (χ3v) is 8.38. The van der Waals surface area contributed by atoms with Crippen molar-refractivity contribution in [3.8, 4) is 0 Å². The Morgan fingerprint density at radius 3 is 2.76 bits per heavy atom. The van der Waals surface area contributed by atoms with E-state index in [9.17, 15) is 14.7 Å². The molecule has 0 bridgehead atoms. The quantitative estimate of drug-likeness (QED) is 0.366. The SMILES string of the molecule is CCc1nocc1C(=O)C[C@H](c1nc2c(F)c(CN3CCC[C@@H]3C(=O)O)ccc2[nH]1)C1CCC(C)CC1. The van der Waals surface area contributed by atoms with Crippen molar-refractivity contribution < 1.29 is 23.6 Å². The van der Waals surface area contributed by atoms with Crippen molar-refractivity contribution in [3.63, 3.8) is 0 Å². The average Bonchev–Trinajstić information content (AvgIpc) is 3.64. The molecule has 1 aliphatic heterocycles. The number of H-pyrrole nitrogens is 1. The van der Waals surface area contributed by atoms with Gasteiger partial charge in [0.15, 0.2) is 11.6 Å². The first-order chi connectivity index (χ1) is 17.9. The van der Waals surface area contributed by atoms with Gasteiger partial charge in [-0.1, -0.05) is 37.9 Å². The third kappa shape index (κ3) is 5.19. The number of ketones is 1. The number of aromatic amines is 1. The van der Waals surface area contributed by atoms with E-state index in [0.717, 1.165) is 32.1 Å². The number of carboxylic acids is 1. The molecule has 5 rings (SSSR count). The highest BCUT2D eigenvalue weighted by Gasteiger charge is 2.34. The lowest BCUT2D eigenvalue weighted by Crippen LogP contribution is -2.35. The second kappa shape index (κ2) is 10.7. The van der Waals surface area contributed by atoms with Gasteiger partial charge in [0.25, 0.3) is 0 Å². The van der Waals surface area contributed by atoms with E-state index in [4.69, 9.17) is 9.51 Å². The Labute approximate surface area is 215 Å². The van der Waals surface area contributed by atoms with Crippen LogP contribution in [0.25, 0.3) is 11.0 Å². The van der Waals surface area contributed by atoms with Gasteiger partial charge in [0, 0.05) is 24.4 Å². The normalized spacial score (nSPS) is 23.5. The summed E-state index contributed by atoms with van der Waals surface area (Å²) < 4.78 is 20.7. The van der Waals surface area contributed by atoms with Crippen molar-refractivity contribution in [2.24, 2.45) is 11.8 Å². The van der Waals surface area contributed by atoms with Crippen molar-refractivity contribution >= 4 is 22.8 Å². The number of likely N-dealkylation sites (tertiary alicyclic amines) is 1. The maximum absolute atomic E-state index is 15.7. The number of aryl methyl sites for hydroxylation is 1. The van der Waals surface area contributed by atoms with Crippen LogP contribution in [0.3, 0.4) is 0 Å². The van der Waals surface area contributed by atoms with Crippen molar-refractivity contribution in [3.05, 3.63) is 46.9 Å². The molecule has 0 radical (unpaired) electrons. The van der Waals surface area contributed by atoms with Crippen molar-refractivity contribution in [1.29, 1.82) is 0 Å². The maximum Gasteiger partial charge on any atom is 0.320 e. The van der Waals surface area contributed by atoms with Crippen LogP contribution < -0.4 is 0 Å². The lowest BCUT2D eigenvalue weighted by Gasteiger charge is -2.31. The number of carbonyl (C=O) groups is 2. The standard InChI is InChI=1S/C28H35FN4O4/c1-3-21-20(15-37-32-21)24(34)13-19(17-8-6-16(2)7-9-17)27-30-22-11-10-18(25(29)26(22)31-27)14-33-12-4-5-23(33)28(35)36/h10-11,15-17,19,23H,3-9,12-14H2,1-2H3,(H,30,31)(H,35,36)/t16?,17?,19-,23+/m0/s1. The molecule has 9 heteroatoms. The smallest absolute Gasteiger partial charge is 0.320 e. The predicted molar refractivity (Wildman–Crippen MR) is 136 cm³/mol. The molecule has 198 valence electrons. The number of nitrogens with one attached hydrogen (secondary N) is 1. The number of nitrogens with zero attached hydrogens (tertiary/aromatic N) is 3. The maximum atomic E-state index is 15.7. The lowest BCUT2D eigenvalue weighted by atomic mass is 9.74. The molecule has 1 aromatic carbocycles. The van der Waals surface area contributed by atoms with Crippen LogP contribution in [0.2, 0.25) is 0 Å². The van der Waals surface area contributed by atoms with Gasteiger partial charge in [-0.15, -0.1) is 0 Å². The fraction of sp³-hybridized carbons (Fsp3) is 0.571. The van der Waals surface area contributed by atoms with E-state index in [1.807, 2.05) is 17.9 Å². The number of Topliss-reactive ketones (excluding diaryl/α,β-unsaturated/α-hetero) is 1. The molecular formula is C28H35FN4O4. The second-order valence-electron chi connectivity index (χ2n) is 10.8. The number of imidazole rings is 1. The number of aromatic nitrogens is 3. The molecule has 2 atom stereocenters. The van der Waals surface area contributed by atoms with Crippen LogP contribution in [0.5, 0.6) is 0 Å². The van der Waals surface area contributed by atoms with E-state index in [2.05, 4.69) is 17.1 Å². The Morgan fingerprint density at radius 2 is 2.03 bits per heavy atom. The van der Waals surface area contributed by atoms with E-state index in [1.54, 1.807) is 6.07 Å². The topological polar surface area (TPSA) is 112 Å². The van der Waals surface area contributed by atoms with Crippen LogP contribution in [-0.4, -0.2) is 49.5 Å². The second-order valence-corrected chi connectivity index (χ2v) is 10.8. The van der Waals surface area contributed by atoms with Gasteiger partial charge in [-0.05, 0) is 56.6 Å². The molecule has 0 unspecified atom stereocenters. The van der Waals surface area contributed by atoms with Gasteiger partial charge >= 0.3 is 5.97 Å². The largest absolute Gasteiger partial charge is 0.480 e. The van der Waals surface area contributed by atoms with E-state index in [-0.39, 0.29) is 36.1 Å². The number of benzene rings is 1. The number of halogens is 1. The number of carboxylic acid groups (broad SMARTS) is 1. The first-order valence-corrected chi connectivity index (χ1v) is 13.5. The minimum Gasteiger partial charge on any atom is -0.480 e. The molecule has 3 aromatic rings.